The molecule has 0 bridgehead atoms. The lowest BCUT2D eigenvalue weighted by atomic mass is 10.0. The van der Waals surface area contributed by atoms with Crippen LogP contribution in [0.5, 0.6) is 0 Å². The lowest BCUT2D eigenvalue weighted by Crippen LogP contribution is -2.09. The molecule has 0 aromatic heterocycles. The molecule has 1 rings (SSSR count). The molecule has 0 amide bonds. The molecule has 0 aliphatic carbocycles. The van der Waals surface area contributed by atoms with Crippen molar-refractivity contribution in [1.82, 2.24) is 0 Å². The SMILES string of the molecule is CSc1c(F)cc(C(C)CN)cc1Br. The number of thioether (sulfide) groups is 1. The van der Waals surface area contributed by atoms with E-state index in [9.17, 15) is 4.39 Å². The molecule has 14 heavy (non-hydrogen) atoms. The summed E-state index contributed by atoms with van der Waals surface area (Å²) in [5.41, 5.74) is 6.47. The third kappa shape index (κ3) is 2.49. The van der Waals surface area contributed by atoms with Gasteiger partial charge >= 0.3 is 0 Å². The van der Waals surface area contributed by atoms with Crippen LogP contribution in [0.3, 0.4) is 0 Å². The molecule has 0 heterocycles. The first-order valence-corrected chi connectivity index (χ1v) is 6.35. The van der Waals surface area contributed by atoms with Gasteiger partial charge < -0.3 is 5.73 Å². The van der Waals surface area contributed by atoms with Crippen LogP contribution in [0, 0.1) is 5.82 Å². The Bertz CT molecular complexity index is 307. The van der Waals surface area contributed by atoms with Gasteiger partial charge in [-0.2, -0.15) is 0 Å². The fraction of sp³-hybridized carbons (Fsp3) is 0.400. The highest BCUT2D eigenvalue weighted by atomic mass is 79.9. The zero-order valence-corrected chi connectivity index (χ0v) is 10.6. The van der Waals surface area contributed by atoms with E-state index in [2.05, 4.69) is 15.9 Å². The largest absolute Gasteiger partial charge is 0.330 e. The second-order valence-electron chi connectivity index (χ2n) is 3.15. The lowest BCUT2D eigenvalue weighted by Gasteiger charge is -2.11. The number of hydrogen-bond acceptors (Lipinski definition) is 2. The molecule has 78 valence electrons. The first kappa shape index (κ1) is 12.0. The van der Waals surface area contributed by atoms with Gasteiger partial charge in [-0.05, 0) is 52.3 Å². The summed E-state index contributed by atoms with van der Waals surface area (Å²) >= 11 is 4.75. The Balaban J connectivity index is 3.13. The summed E-state index contributed by atoms with van der Waals surface area (Å²) in [6.45, 7) is 2.52. The van der Waals surface area contributed by atoms with E-state index in [-0.39, 0.29) is 11.7 Å². The molecule has 0 radical (unpaired) electrons. The molecule has 1 aromatic rings. The van der Waals surface area contributed by atoms with Gasteiger partial charge in [0.25, 0.3) is 0 Å². The molecule has 0 aliphatic heterocycles. The van der Waals surface area contributed by atoms with Crippen molar-refractivity contribution in [3.05, 3.63) is 28.0 Å². The Kier molecular flexibility index (Phi) is 4.41. The minimum Gasteiger partial charge on any atom is -0.330 e. The summed E-state index contributed by atoms with van der Waals surface area (Å²) in [5, 5.41) is 0. The van der Waals surface area contributed by atoms with Crippen LogP contribution < -0.4 is 5.73 Å². The van der Waals surface area contributed by atoms with Crippen molar-refractivity contribution < 1.29 is 4.39 Å². The second kappa shape index (κ2) is 5.14. The van der Waals surface area contributed by atoms with Crippen molar-refractivity contribution in [3.8, 4) is 0 Å². The van der Waals surface area contributed by atoms with E-state index < -0.39 is 0 Å². The molecular weight excluding hydrogens is 265 g/mol. The zero-order chi connectivity index (χ0) is 10.7. The van der Waals surface area contributed by atoms with E-state index >= 15 is 0 Å². The summed E-state index contributed by atoms with van der Waals surface area (Å²) in [6, 6.07) is 3.50. The highest BCUT2D eigenvalue weighted by Gasteiger charge is 2.11. The monoisotopic (exact) mass is 277 g/mol. The van der Waals surface area contributed by atoms with Crippen molar-refractivity contribution >= 4 is 27.7 Å². The third-order valence-corrected chi connectivity index (χ3v) is 3.86. The first-order chi connectivity index (χ1) is 6.60. The van der Waals surface area contributed by atoms with Crippen molar-refractivity contribution in [2.24, 2.45) is 5.73 Å². The molecular formula is C10H13BrFNS. The molecule has 0 saturated carbocycles. The quantitative estimate of drug-likeness (QED) is 0.858. The summed E-state index contributed by atoms with van der Waals surface area (Å²) in [7, 11) is 0. The normalized spacial score (nSPS) is 12.9. The zero-order valence-electron chi connectivity index (χ0n) is 8.18. The lowest BCUT2D eigenvalue weighted by molar-refractivity contribution is 0.594. The molecule has 1 aromatic carbocycles. The van der Waals surface area contributed by atoms with E-state index in [1.165, 1.54) is 11.8 Å². The summed E-state index contributed by atoms with van der Waals surface area (Å²) < 4.78 is 14.3. The summed E-state index contributed by atoms with van der Waals surface area (Å²) in [4.78, 5) is 0.651. The van der Waals surface area contributed by atoms with E-state index in [0.29, 0.717) is 11.4 Å². The number of halogens is 2. The number of benzene rings is 1. The average molecular weight is 278 g/mol. The Labute approximate surface area is 96.4 Å². The molecule has 0 aliphatic rings. The van der Waals surface area contributed by atoms with Crippen LogP contribution in [0.2, 0.25) is 0 Å². The number of rotatable bonds is 3. The first-order valence-electron chi connectivity index (χ1n) is 4.33. The fourth-order valence-corrected chi connectivity index (χ4v) is 2.64. The molecule has 1 atom stereocenters. The van der Waals surface area contributed by atoms with Crippen LogP contribution in [0.4, 0.5) is 4.39 Å². The molecule has 0 saturated heterocycles. The minimum atomic E-state index is -0.179. The van der Waals surface area contributed by atoms with Gasteiger partial charge in [-0.25, -0.2) is 4.39 Å². The maximum absolute atomic E-state index is 13.5. The second-order valence-corrected chi connectivity index (χ2v) is 4.83. The maximum Gasteiger partial charge on any atom is 0.138 e. The number of hydrogen-bond donors (Lipinski definition) is 1. The van der Waals surface area contributed by atoms with Crippen molar-refractivity contribution in [3.63, 3.8) is 0 Å². The molecule has 4 heteroatoms. The Morgan fingerprint density at radius 3 is 2.64 bits per heavy atom. The van der Waals surface area contributed by atoms with E-state index in [4.69, 9.17) is 5.73 Å². The molecule has 1 nitrogen and oxygen atoms in total. The minimum absolute atomic E-state index is 0.179. The van der Waals surface area contributed by atoms with Crippen molar-refractivity contribution in [2.45, 2.75) is 17.7 Å². The Hall–Kier alpha value is -0.0600. The fourth-order valence-electron chi connectivity index (χ4n) is 1.20. The van der Waals surface area contributed by atoms with E-state index in [1.54, 1.807) is 6.07 Å². The van der Waals surface area contributed by atoms with Crippen LogP contribution in [0.25, 0.3) is 0 Å². The van der Waals surface area contributed by atoms with Gasteiger partial charge in [-0.3, -0.25) is 0 Å². The van der Waals surface area contributed by atoms with E-state index in [0.717, 1.165) is 10.0 Å². The van der Waals surface area contributed by atoms with Gasteiger partial charge in [0.15, 0.2) is 0 Å². The molecule has 0 spiro atoms. The smallest absolute Gasteiger partial charge is 0.138 e. The molecule has 2 N–H and O–H groups in total. The summed E-state index contributed by atoms with van der Waals surface area (Å²) in [5.74, 6) is 0.0129. The van der Waals surface area contributed by atoms with Crippen LogP contribution in [0.15, 0.2) is 21.5 Å². The van der Waals surface area contributed by atoms with Gasteiger partial charge in [-0.1, -0.05) is 6.92 Å². The summed E-state index contributed by atoms with van der Waals surface area (Å²) in [6.07, 6.45) is 1.86. The van der Waals surface area contributed by atoms with Gasteiger partial charge in [0, 0.05) is 4.47 Å². The highest BCUT2D eigenvalue weighted by molar-refractivity contribution is 9.10. The van der Waals surface area contributed by atoms with Gasteiger partial charge in [0.2, 0.25) is 0 Å². The molecule has 1 unspecified atom stereocenters. The van der Waals surface area contributed by atoms with Gasteiger partial charge in [-0.15, -0.1) is 11.8 Å². The van der Waals surface area contributed by atoms with Crippen molar-refractivity contribution in [1.29, 1.82) is 0 Å². The Morgan fingerprint density at radius 1 is 1.57 bits per heavy atom. The van der Waals surface area contributed by atoms with Crippen molar-refractivity contribution in [2.75, 3.05) is 12.8 Å². The standard InChI is InChI=1S/C10H13BrFNS/c1-6(5-13)7-3-8(11)10(14-2)9(12)4-7/h3-4,6H,5,13H2,1-2H3. The van der Waals surface area contributed by atoms with Crippen LogP contribution in [-0.2, 0) is 0 Å². The maximum atomic E-state index is 13.5. The molecule has 0 fully saturated rings. The van der Waals surface area contributed by atoms with Crippen LogP contribution in [-0.4, -0.2) is 12.8 Å². The Morgan fingerprint density at radius 2 is 2.21 bits per heavy atom. The number of nitrogens with two attached hydrogens (primary N) is 1. The van der Waals surface area contributed by atoms with Gasteiger partial charge in [0.05, 0.1) is 4.90 Å². The van der Waals surface area contributed by atoms with Gasteiger partial charge in [0.1, 0.15) is 5.82 Å². The van der Waals surface area contributed by atoms with Crippen LogP contribution in [0.1, 0.15) is 18.4 Å². The highest BCUT2D eigenvalue weighted by Crippen LogP contribution is 2.31. The topological polar surface area (TPSA) is 26.0 Å². The predicted molar refractivity (Wildman–Crippen MR) is 63.4 cm³/mol. The average Bonchev–Trinajstić information content (AvgIpc) is 2.16. The van der Waals surface area contributed by atoms with Crippen LogP contribution >= 0.6 is 27.7 Å². The van der Waals surface area contributed by atoms with E-state index in [1.807, 2.05) is 19.2 Å². The third-order valence-electron chi connectivity index (χ3n) is 2.15. The predicted octanol–water partition coefficient (Wildman–Crippen LogP) is 3.37.